The maximum Gasteiger partial charge on any atom is 0.000133 e. The smallest absolute Gasteiger partial charge is 0.000133 e. The third-order valence-electron chi connectivity index (χ3n) is 6.07. The van der Waals surface area contributed by atoms with Crippen LogP contribution in [0.15, 0.2) is 0 Å². The molecule has 0 aliphatic carbocycles. The molecule has 0 rings (SSSR count). The summed E-state index contributed by atoms with van der Waals surface area (Å²) < 4.78 is 0. The fourth-order valence-corrected chi connectivity index (χ4v) is 4.35. The van der Waals surface area contributed by atoms with E-state index in [9.17, 15) is 0 Å². The molecule has 29 heavy (non-hydrogen) atoms. The van der Waals surface area contributed by atoms with Gasteiger partial charge in [-0.3, -0.25) is 0 Å². The first-order valence-corrected chi connectivity index (χ1v) is 13.3. The van der Waals surface area contributed by atoms with Gasteiger partial charge in [0.2, 0.25) is 0 Å². The van der Waals surface area contributed by atoms with Gasteiger partial charge in [0, 0.05) is 6.54 Å². The lowest BCUT2D eigenvalue weighted by Gasteiger charge is -2.18. The summed E-state index contributed by atoms with van der Waals surface area (Å²) in [6, 6.07) is 0. The van der Waals surface area contributed by atoms with E-state index in [0.29, 0.717) is 0 Å². The molecule has 0 heterocycles. The van der Waals surface area contributed by atoms with Gasteiger partial charge in [0.05, 0.1) is 0 Å². The van der Waals surface area contributed by atoms with Gasteiger partial charge in [-0.25, -0.2) is 0 Å². The summed E-state index contributed by atoms with van der Waals surface area (Å²) in [4.78, 5) is 2.50. The number of halogens is 1. The van der Waals surface area contributed by atoms with Gasteiger partial charge in [-0.05, 0) is 25.9 Å². The van der Waals surface area contributed by atoms with Crippen molar-refractivity contribution in [3.8, 4) is 0 Å². The maximum absolute atomic E-state index is 2.50. The van der Waals surface area contributed by atoms with Crippen molar-refractivity contribution in [1.82, 2.24) is 4.90 Å². The van der Waals surface area contributed by atoms with Crippen LogP contribution in [0.4, 0.5) is 0 Å². The van der Waals surface area contributed by atoms with Gasteiger partial charge in [0.25, 0.3) is 0 Å². The standard InChI is InChI=1S/C27H57N.ClH/c1-5-6-7-8-9-10-11-12-13-14-15-16-17-18-19-20-21-22-23-24-25-28(4)26-27(2)3;/h27H,5-26H2,1-4H3;1H. The van der Waals surface area contributed by atoms with E-state index in [1.165, 1.54) is 142 Å². The van der Waals surface area contributed by atoms with Crippen LogP contribution >= 0.6 is 12.4 Å². The Balaban J connectivity index is 0. The van der Waals surface area contributed by atoms with Gasteiger partial charge in [-0.2, -0.15) is 0 Å². The van der Waals surface area contributed by atoms with Crippen LogP contribution in [0.2, 0.25) is 0 Å². The van der Waals surface area contributed by atoms with Crippen LogP contribution in [0.3, 0.4) is 0 Å². The monoisotopic (exact) mass is 431 g/mol. The first kappa shape index (κ1) is 31.4. The fourth-order valence-electron chi connectivity index (χ4n) is 4.35. The highest BCUT2D eigenvalue weighted by molar-refractivity contribution is 5.85. The van der Waals surface area contributed by atoms with Crippen LogP contribution in [-0.2, 0) is 0 Å². The highest BCUT2D eigenvalue weighted by Crippen LogP contribution is 2.14. The molecule has 0 aliphatic rings. The summed E-state index contributed by atoms with van der Waals surface area (Å²) >= 11 is 0. The van der Waals surface area contributed by atoms with Crippen molar-refractivity contribution < 1.29 is 0 Å². The molecule has 1 nitrogen and oxygen atoms in total. The normalized spacial score (nSPS) is 11.4. The summed E-state index contributed by atoms with van der Waals surface area (Å²) in [5.41, 5.74) is 0. The van der Waals surface area contributed by atoms with Crippen LogP contribution in [0.5, 0.6) is 0 Å². The molecular weight excluding hydrogens is 374 g/mol. The Morgan fingerprint density at radius 3 is 1.03 bits per heavy atom. The van der Waals surface area contributed by atoms with Crippen LogP contribution < -0.4 is 0 Å². The highest BCUT2D eigenvalue weighted by Gasteiger charge is 2.01. The lowest BCUT2D eigenvalue weighted by Crippen LogP contribution is -2.24. The summed E-state index contributed by atoms with van der Waals surface area (Å²) in [7, 11) is 2.27. The summed E-state index contributed by atoms with van der Waals surface area (Å²) in [5, 5.41) is 0. The molecule has 0 radical (unpaired) electrons. The largest absolute Gasteiger partial charge is 0.306 e. The lowest BCUT2D eigenvalue weighted by atomic mass is 10.0. The number of unbranched alkanes of at least 4 members (excludes halogenated alkanes) is 19. The molecule has 2 heteroatoms. The SMILES string of the molecule is CCCCCCCCCCCCCCCCCCCCCCN(C)CC(C)C.Cl. The van der Waals surface area contributed by atoms with Gasteiger partial charge in [0.15, 0.2) is 0 Å². The van der Waals surface area contributed by atoms with Gasteiger partial charge >= 0.3 is 0 Å². The highest BCUT2D eigenvalue weighted by atomic mass is 35.5. The predicted molar refractivity (Wildman–Crippen MR) is 138 cm³/mol. The fraction of sp³-hybridized carbons (Fsp3) is 1.00. The Hall–Kier alpha value is 0.250. The molecule has 0 aromatic carbocycles. The first-order chi connectivity index (χ1) is 13.7. The molecule has 0 aromatic rings. The molecule has 0 aromatic heterocycles. The van der Waals surface area contributed by atoms with Crippen molar-refractivity contribution in [1.29, 1.82) is 0 Å². The molecule has 0 saturated carbocycles. The zero-order chi connectivity index (χ0) is 20.7. The van der Waals surface area contributed by atoms with Crippen molar-refractivity contribution in [3.63, 3.8) is 0 Å². The van der Waals surface area contributed by atoms with Gasteiger partial charge in [0.1, 0.15) is 0 Å². The van der Waals surface area contributed by atoms with Crippen molar-refractivity contribution in [3.05, 3.63) is 0 Å². The minimum absolute atomic E-state index is 0. The number of rotatable bonds is 23. The quantitative estimate of drug-likeness (QED) is 0.145. The van der Waals surface area contributed by atoms with Crippen molar-refractivity contribution >= 4 is 12.4 Å². The summed E-state index contributed by atoms with van der Waals surface area (Å²) in [6.07, 6.45) is 29.3. The number of hydrogen-bond acceptors (Lipinski definition) is 1. The number of nitrogens with zero attached hydrogens (tertiary/aromatic N) is 1. The van der Waals surface area contributed by atoms with Crippen LogP contribution in [0.25, 0.3) is 0 Å². The maximum atomic E-state index is 2.50. The minimum atomic E-state index is 0. The van der Waals surface area contributed by atoms with Crippen molar-refractivity contribution in [2.45, 2.75) is 149 Å². The lowest BCUT2D eigenvalue weighted by molar-refractivity contribution is 0.288. The van der Waals surface area contributed by atoms with E-state index in [2.05, 4.69) is 32.7 Å². The first-order valence-electron chi connectivity index (χ1n) is 13.3. The Labute approximate surface area is 192 Å². The second-order valence-electron chi connectivity index (χ2n) is 9.87. The van der Waals surface area contributed by atoms with E-state index in [-0.39, 0.29) is 12.4 Å². The average molecular weight is 432 g/mol. The molecule has 0 N–H and O–H groups in total. The molecule has 0 spiro atoms. The van der Waals surface area contributed by atoms with E-state index in [1.807, 2.05) is 0 Å². The zero-order valence-electron chi connectivity index (χ0n) is 21.0. The van der Waals surface area contributed by atoms with Gasteiger partial charge in [-0.15, -0.1) is 12.4 Å². The van der Waals surface area contributed by atoms with E-state index in [1.54, 1.807) is 0 Å². The van der Waals surface area contributed by atoms with Crippen molar-refractivity contribution in [2.24, 2.45) is 5.92 Å². The molecule has 0 saturated heterocycles. The molecule has 0 amide bonds. The molecule has 0 unspecified atom stereocenters. The van der Waals surface area contributed by atoms with E-state index < -0.39 is 0 Å². The minimum Gasteiger partial charge on any atom is -0.306 e. The zero-order valence-corrected chi connectivity index (χ0v) is 21.8. The topological polar surface area (TPSA) is 3.24 Å². The number of hydrogen-bond donors (Lipinski definition) is 0. The molecule has 0 fully saturated rings. The van der Waals surface area contributed by atoms with E-state index in [0.717, 1.165) is 5.92 Å². The molecule has 0 bridgehead atoms. The average Bonchev–Trinajstić information content (AvgIpc) is 2.66. The molecule has 0 atom stereocenters. The van der Waals surface area contributed by atoms with Gasteiger partial charge < -0.3 is 4.90 Å². The van der Waals surface area contributed by atoms with Gasteiger partial charge in [-0.1, -0.05) is 143 Å². The second kappa shape index (κ2) is 26.3. The Kier molecular flexibility index (Phi) is 28.5. The predicted octanol–water partition coefficient (Wildman–Crippen LogP) is 9.82. The van der Waals surface area contributed by atoms with Crippen molar-refractivity contribution in [2.75, 3.05) is 20.1 Å². The second-order valence-corrected chi connectivity index (χ2v) is 9.87. The third-order valence-corrected chi connectivity index (χ3v) is 6.07. The summed E-state index contributed by atoms with van der Waals surface area (Å²) in [5.74, 6) is 0.801. The molecular formula is C27H58ClN. The van der Waals surface area contributed by atoms with E-state index >= 15 is 0 Å². The van der Waals surface area contributed by atoms with Crippen LogP contribution in [0.1, 0.15) is 149 Å². The Morgan fingerprint density at radius 2 is 0.759 bits per heavy atom. The Bertz CT molecular complexity index is 280. The molecule has 0 aliphatic heterocycles. The third kappa shape index (κ3) is 28.2. The van der Waals surface area contributed by atoms with Crippen LogP contribution in [0, 0.1) is 5.92 Å². The summed E-state index contributed by atoms with van der Waals surface area (Å²) in [6.45, 7) is 9.47. The van der Waals surface area contributed by atoms with Crippen LogP contribution in [-0.4, -0.2) is 25.0 Å². The van der Waals surface area contributed by atoms with E-state index in [4.69, 9.17) is 0 Å². The Morgan fingerprint density at radius 1 is 0.483 bits per heavy atom. The molecule has 178 valence electrons.